The largest absolute Gasteiger partial charge is 0.489 e. The highest BCUT2D eigenvalue weighted by Crippen LogP contribution is 2.39. The molecule has 2 fully saturated rings. The molecule has 40 heavy (non-hydrogen) atoms. The molecule has 1 aliphatic carbocycles. The van der Waals surface area contributed by atoms with Gasteiger partial charge in [-0.05, 0) is 75.8 Å². The maximum Gasteiger partial charge on any atom is 0.161 e. The second-order valence-electron chi connectivity index (χ2n) is 11.4. The monoisotopic (exact) mass is 541 g/mol. The first-order chi connectivity index (χ1) is 19.6. The zero-order valence-corrected chi connectivity index (χ0v) is 23.0. The highest BCUT2D eigenvalue weighted by atomic mass is 19.1. The van der Waals surface area contributed by atoms with E-state index in [2.05, 4.69) is 62.4 Å². The van der Waals surface area contributed by atoms with Crippen molar-refractivity contribution in [1.29, 1.82) is 5.26 Å². The lowest BCUT2D eigenvalue weighted by Crippen LogP contribution is -2.34. The molecular weight excluding hydrogens is 505 g/mol. The summed E-state index contributed by atoms with van der Waals surface area (Å²) >= 11 is 0. The first-order valence-corrected chi connectivity index (χ1v) is 14.4. The lowest BCUT2D eigenvalue weighted by molar-refractivity contribution is 0.0923. The van der Waals surface area contributed by atoms with Crippen LogP contribution in [0.2, 0.25) is 0 Å². The Kier molecular flexibility index (Phi) is 7.63. The number of benzene rings is 1. The molecule has 8 nitrogen and oxygen atoms in total. The molecule has 9 heteroatoms. The third-order valence-electron chi connectivity index (χ3n) is 8.61. The van der Waals surface area contributed by atoms with Gasteiger partial charge >= 0.3 is 0 Å². The second kappa shape index (κ2) is 11.5. The summed E-state index contributed by atoms with van der Waals surface area (Å²) in [6.07, 6.45) is 10.4. The summed E-state index contributed by atoms with van der Waals surface area (Å²) in [6.45, 7) is 6.12. The summed E-state index contributed by atoms with van der Waals surface area (Å²) in [5.74, 6) is 1.92. The van der Waals surface area contributed by atoms with Gasteiger partial charge in [-0.25, -0.2) is 19.3 Å². The zero-order valence-electron chi connectivity index (χ0n) is 23.0. The molecule has 0 saturated carbocycles. The van der Waals surface area contributed by atoms with Crippen LogP contribution in [-0.2, 0) is 10.2 Å². The fourth-order valence-corrected chi connectivity index (χ4v) is 6.23. The van der Waals surface area contributed by atoms with E-state index in [-0.39, 0.29) is 12.8 Å². The summed E-state index contributed by atoms with van der Waals surface area (Å²) in [7, 11) is 0. The fraction of sp³-hybridized carbons (Fsp3) is 0.484. The SMILES string of the molecule is CC1(c2ncnc3[nH]c(-c4ccc(C5CCN(CCF)CC5)cc4)nc23)C=C(C#N)C(OC2CCNCC2)=CC1. The summed E-state index contributed by atoms with van der Waals surface area (Å²) < 4.78 is 18.9. The number of aromatic amines is 1. The first-order valence-electron chi connectivity index (χ1n) is 14.4. The summed E-state index contributed by atoms with van der Waals surface area (Å²) in [5.41, 5.74) is 4.52. The van der Waals surface area contributed by atoms with Crippen molar-refractivity contribution in [3.05, 3.63) is 65.3 Å². The van der Waals surface area contributed by atoms with Gasteiger partial charge in [0.1, 0.15) is 42.3 Å². The Morgan fingerprint density at radius 1 is 1.12 bits per heavy atom. The van der Waals surface area contributed by atoms with E-state index >= 15 is 0 Å². The molecule has 1 atom stereocenters. The van der Waals surface area contributed by atoms with Crippen LogP contribution in [0.1, 0.15) is 56.2 Å². The Labute approximate surface area is 234 Å². The van der Waals surface area contributed by atoms with Gasteiger partial charge in [0, 0.05) is 17.5 Å². The maximum absolute atomic E-state index is 12.7. The maximum atomic E-state index is 12.7. The molecule has 2 aliphatic heterocycles. The zero-order chi connectivity index (χ0) is 27.5. The molecule has 3 aromatic rings. The van der Waals surface area contributed by atoms with E-state index in [1.165, 1.54) is 5.56 Å². The number of hydrogen-bond donors (Lipinski definition) is 2. The number of halogens is 1. The third kappa shape index (κ3) is 5.38. The molecule has 2 saturated heterocycles. The minimum absolute atomic E-state index is 0.133. The molecule has 0 radical (unpaired) electrons. The van der Waals surface area contributed by atoms with E-state index in [0.717, 1.165) is 68.9 Å². The molecule has 1 unspecified atom stereocenters. The van der Waals surface area contributed by atoms with Crippen molar-refractivity contribution in [1.82, 2.24) is 30.2 Å². The van der Waals surface area contributed by atoms with Crippen LogP contribution < -0.4 is 5.32 Å². The Morgan fingerprint density at radius 3 is 2.62 bits per heavy atom. The molecule has 2 aromatic heterocycles. The van der Waals surface area contributed by atoms with E-state index < -0.39 is 5.41 Å². The predicted molar refractivity (Wildman–Crippen MR) is 152 cm³/mol. The molecule has 2 N–H and O–H groups in total. The average Bonchev–Trinajstić information content (AvgIpc) is 3.44. The summed E-state index contributed by atoms with van der Waals surface area (Å²) in [4.78, 5) is 19.7. The molecule has 0 amide bonds. The van der Waals surface area contributed by atoms with Crippen molar-refractivity contribution >= 4 is 11.2 Å². The van der Waals surface area contributed by atoms with Gasteiger partial charge in [-0.15, -0.1) is 0 Å². The number of imidazole rings is 1. The van der Waals surface area contributed by atoms with Crippen LogP contribution in [0.3, 0.4) is 0 Å². The van der Waals surface area contributed by atoms with Crippen molar-refractivity contribution in [2.75, 3.05) is 39.4 Å². The molecule has 208 valence electrons. The fourth-order valence-electron chi connectivity index (χ4n) is 6.23. The number of ether oxygens (including phenoxy) is 1. The second-order valence-corrected chi connectivity index (χ2v) is 11.4. The molecular formula is C31H36FN7O. The highest BCUT2D eigenvalue weighted by molar-refractivity contribution is 5.79. The molecule has 3 aliphatic rings. The van der Waals surface area contributed by atoms with Crippen LogP contribution in [0.25, 0.3) is 22.6 Å². The first kappa shape index (κ1) is 26.6. The van der Waals surface area contributed by atoms with Crippen molar-refractivity contribution in [3.63, 3.8) is 0 Å². The van der Waals surface area contributed by atoms with E-state index in [0.29, 0.717) is 41.4 Å². The number of nitrogens with zero attached hydrogens (tertiary/aromatic N) is 5. The number of H-pyrrole nitrogens is 1. The third-order valence-corrected chi connectivity index (χ3v) is 8.61. The van der Waals surface area contributed by atoms with Crippen molar-refractivity contribution < 1.29 is 9.13 Å². The van der Waals surface area contributed by atoms with Crippen molar-refractivity contribution in [3.8, 4) is 17.5 Å². The Bertz CT molecular complexity index is 1440. The van der Waals surface area contributed by atoms with Gasteiger partial charge in [0.2, 0.25) is 0 Å². The molecule has 6 rings (SSSR count). The van der Waals surface area contributed by atoms with E-state index in [9.17, 15) is 9.65 Å². The van der Waals surface area contributed by atoms with Gasteiger partial charge in [-0.3, -0.25) is 0 Å². The minimum Gasteiger partial charge on any atom is -0.489 e. The number of likely N-dealkylation sites (tertiary alicyclic amines) is 1. The lowest BCUT2D eigenvalue weighted by atomic mass is 9.77. The Morgan fingerprint density at radius 2 is 1.90 bits per heavy atom. The van der Waals surface area contributed by atoms with Gasteiger partial charge in [-0.2, -0.15) is 5.26 Å². The van der Waals surface area contributed by atoms with E-state index in [4.69, 9.17) is 9.72 Å². The predicted octanol–water partition coefficient (Wildman–Crippen LogP) is 4.93. The number of hydrogen-bond acceptors (Lipinski definition) is 7. The van der Waals surface area contributed by atoms with Crippen LogP contribution in [0, 0.1) is 11.3 Å². The summed E-state index contributed by atoms with van der Waals surface area (Å²) in [6, 6.07) is 10.9. The molecule has 0 bridgehead atoms. The number of nitrogens with one attached hydrogen (secondary N) is 2. The smallest absolute Gasteiger partial charge is 0.161 e. The number of alkyl halides is 1. The highest BCUT2D eigenvalue weighted by Gasteiger charge is 2.34. The Balaban J connectivity index is 1.22. The van der Waals surface area contributed by atoms with Crippen LogP contribution >= 0.6 is 0 Å². The van der Waals surface area contributed by atoms with Crippen molar-refractivity contribution in [2.24, 2.45) is 0 Å². The topological polar surface area (TPSA) is 103 Å². The average molecular weight is 542 g/mol. The van der Waals surface area contributed by atoms with Gasteiger partial charge in [0.25, 0.3) is 0 Å². The molecule has 1 aromatic carbocycles. The Hall–Kier alpha value is -3.61. The van der Waals surface area contributed by atoms with Crippen LogP contribution in [0.15, 0.2) is 54.1 Å². The van der Waals surface area contributed by atoms with Gasteiger partial charge in [-0.1, -0.05) is 37.3 Å². The van der Waals surface area contributed by atoms with E-state index in [1.807, 2.05) is 12.2 Å². The van der Waals surface area contributed by atoms with Gasteiger partial charge in [0.15, 0.2) is 5.65 Å². The lowest BCUT2D eigenvalue weighted by Gasteiger charge is -2.31. The number of rotatable bonds is 7. The number of allylic oxidation sites excluding steroid dienone is 3. The molecule has 0 spiro atoms. The summed E-state index contributed by atoms with van der Waals surface area (Å²) in [5, 5.41) is 13.3. The van der Waals surface area contributed by atoms with Gasteiger partial charge in [0.05, 0.1) is 11.3 Å². The van der Waals surface area contributed by atoms with E-state index in [1.54, 1.807) is 6.33 Å². The van der Waals surface area contributed by atoms with Crippen LogP contribution in [-0.4, -0.2) is 70.3 Å². The van der Waals surface area contributed by atoms with Crippen LogP contribution in [0.5, 0.6) is 0 Å². The number of aromatic nitrogens is 4. The number of nitriles is 1. The quantitative estimate of drug-likeness (QED) is 0.437. The van der Waals surface area contributed by atoms with Crippen LogP contribution in [0.4, 0.5) is 4.39 Å². The molecule has 4 heterocycles. The standard InChI is InChI=1S/C31H36FN7O/c1-31(11-6-26(24(18-31)19-33)40-25-7-13-34-14-8-25)28-27-30(36-20-35-28)38-29(37-27)23-4-2-21(3-5-23)22-9-15-39(16-10-22)17-12-32/h2-6,18,20,22,25,34H,7-17H2,1H3,(H,35,36,37,38). The van der Waals surface area contributed by atoms with Gasteiger partial charge < -0.3 is 19.9 Å². The minimum atomic E-state index is -0.513. The normalized spacial score (nSPS) is 23.0. The van der Waals surface area contributed by atoms with Crippen molar-refractivity contribution in [2.45, 2.75) is 56.5 Å². The number of fused-ring (bicyclic) bond motifs is 1. The number of piperidine rings is 2.